The number of guanidine groups is 1. The molecule has 1 aliphatic heterocycles. The van der Waals surface area contributed by atoms with Crippen molar-refractivity contribution in [3.63, 3.8) is 0 Å². The van der Waals surface area contributed by atoms with Crippen LogP contribution in [0.5, 0.6) is 0 Å². The van der Waals surface area contributed by atoms with E-state index in [0.29, 0.717) is 6.54 Å². The van der Waals surface area contributed by atoms with Crippen molar-refractivity contribution >= 4 is 23.5 Å². The summed E-state index contributed by atoms with van der Waals surface area (Å²) in [4.78, 5) is 20.4. The van der Waals surface area contributed by atoms with Crippen LogP contribution in [0.25, 0.3) is 0 Å². The molecule has 0 saturated carbocycles. The monoisotopic (exact) mass is 415 g/mol. The van der Waals surface area contributed by atoms with Crippen LogP contribution in [-0.4, -0.2) is 79.1 Å². The molecule has 1 saturated heterocycles. The number of nitrogens with one attached hydrogen (secondary N) is 1. The highest BCUT2D eigenvalue weighted by Crippen LogP contribution is 2.21. The number of aromatic nitrogens is 2. The van der Waals surface area contributed by atoms with Gasteiger partial charge in [-0.15, -0.1) is 0 Å². The Balaban J connectivity index is 1.66. The van der Waals surface area contributed by atoms with Crippen molar-refractivity contribution in [3.05, 3.63) is 53.3 Å². The lowest BCUT2D eigenvalue weighted by molar-refractivity contribution is 0.303. The number of hydrogen-bond donors (Lipinski definition) is 1. The maximum Gasteiger partial charge on any atom is 0.225 e. The van der Waals surface area contributed by atoms with E-state index in [1.165, 1.54) is 5.56 Å². The summed E-state index contributed by atoms with van der Waals surface area (Å²) in [5.41, 5.74) is 1.21. The Morgan fingerprint density at radius 1 is 1.14 bits per heavy atom. The van der Waals surface area contributed by atoms with Gasteiger partial charge in [-0.05, 0) is 44.8 Å². The minimum atomic E-state index is 0.194. The van der Waals surface area contributed by atoms with Crippen molar-refractivity contribution in [2.75, 3.05) is 58.3 Å². The summed E-state index contributed by atoms with van der Waals surface area (Å²) in [7, 11) is 4.17. The summed E-state index contributed by atoms with van der Waals surface area (Å²) in [6.07, 6.45) is 3.58. The molecule has 1 unspecified atom stereocenters. The topological polar surface area (TPSA) is 59.9 Å². The van der Waals surface area contributed by atoms with Crippen LogP contribution in [0.15, 0.2) is 47.7 Å². The fourth-order valence-electron chi connectivity index (χ4n) is 3.42. The third-order valence-corrected chi connectivity index (χ3v) is 5.29. The van der Waals surface area contributed by atoms with Gasteiger partial charge in [-0.1, -0.05) is 23.7 Å². The summed E-state index contributed by atoms with van der Waals surface area (Å²) >= 11 is 6.05. The van der Waals surface area contributed by atoms with Gasteiger partial charge in [0, 0.05) is 50.1 Å². The van der Waals surface area contributed by atoms with Gasteiger partial charge in [-0.3, -0.25) is 4.99 Å². The first-order chi connectivity index (χ1) is 14.1. The number of likely N-dealkylation sites (N-methyl/N-ethyl adjacent to an activating group) is 1. The van der Waals surface area contributed by atoms with Crippen LogP contribution in [0.4, 0.5) is 5.95 Å². The van der Waals surface area contributed by atoms with E-state index >= 15 is 0 Å². The van der Waals surface area contributed by atoms with Gasteiger partial charge in [-0.2, -0.15) is 0 Å². The molecule has 0 radical (unpaired) electrons. The van der Waals surface area contributed by atoms with E-state index in [2.05, 4.69) is 63.1 Å². The molecule has 1 atom stereocenters. The maximum atomic E-state index is 6.05. The van der Waals surface area contributed by atoms with Crippen molar-refractivity contribution < 1.29 is 0 Å². The zero-order valence-corrected chi connectivity index (χ0v) is 18.2. The second kappa shape index (κ2) is 10.4. The Kier molecular flexibility index (Phi) is 7.66. The Bertz CT molecular complexity index is 771. The van der Waals surface area contributed by atoms with Crippen molar-refractivity contribution in [1.82, 2.24) is 25.1 Å². The van der Waals surface area contributed by atoms with Crippen molar-refractivity contribution in [3.8, 4) is 0 Å². The zero-order chi connectivity index (χ0) is 20.6. The Hall–Kier alpha value is -2.38. The van der Waals surface area contributed by atoms with Crippen molar-refractivity contribution in [2.45, 2.75) is 13.0 Å². The van der Waals surface area contributed by atoms with Crippen LogP contribution in [0.2, 0.25) is 5.02 Å². The van der Waals surface area contributed by atoms with E-state index < -0.39 is 0 Å². The van der Waals surface area contributed by atoms with Gasteiger partial charge < -0.3 is 20.0 Å². The highest BCUT2D eigenvalue weighted by atomic mass is 35.5. The van der Waals surface area contributed by atoms with Crippen LogP contribution >= 0.6 is 11.6 Å². The standard InChI is InChI=1S/C21H30ClN7/c1-4-23-20(26-16-19(27(2)3)17-6-8-18(22)9-7-17)28-12-14-29(15-13-28)21-24-10-5-11-25-21/h5-11,19H,4,12-16H2,1-3H3,(H,23,26). The molecular weight excluding hydrogens is 386 g/mol. The molecule has 2 aromatic rings. The molecule has 7 nitrogen and oxygen atoms in total. The van der Waals surface area contributed by atoms with Crippen LogP contribution in [0.3, 0.4) is 0 Å². The van der Waals surface area contributed by atoms with Gasteiger partial charge in [0.1, 0.15) is 0 Å². The zero-order valence-electron chi connectivity index (χ0n) is 17.4. The molecule has 2 heterocycles. The SMILES string of the molecule is CCNC(=NCC(c1ccc(Cl)cc1)N(C)C)N1CCN(c2ncccn2)CC1. The van der Waals surface area contributed by atoms with Gasteiger partial charge in [0.2, 0.25) is 5.95 Å². The molecule has 1 N–H and O–H groups in total. The van der Waals surface area contributed by atoms with Gasteiger partial charge in [0.15, 0.2) is 5.96 Å². The first-order valence-corrected chi connectivity index (χ1v) is 10.4. The predicted octanol–water partition coefficient (Wildman–Crippen LogP) is 2.52. The fourth-order valence-corrected chi connectivity index (χ4v) is 3.55. The number of hydrogen-bond acceptors (Lipinski definition) is 5. The highest BCUT2D eigenvalue weighted by molar-refractivity contribution is 6.30. The molecule has 1 aromatic carbocycles. The largest absolute Gasteiger partial charge is 0.357 e. The Morgan fingerprint density at radius 2 is 1.79 bits per heavy atom. The maximum absolute atomic E-state index is 6.05. The molecule has 156 valence electrons. The Morgan fingerprint density at radius 3 is 2.38 bits per heavy atom. The predicted molar refractivity (Wildman–Crippen MR) is 120 cm³/mol. The third kappa shape index (κ3) is 5.81. The van der Waals surface area contributed by atoms with Gasteiger partial charge in [0.25, 0.3) is 0 Å². The molecule has 1 fully saturated rings. The normalized spacial score (nSPS) is 16.2. The van der Waals surface area contributed by atoms with E-state index in [1.54, 1.807) is 12.4 Å². The molecule has 0 bridgehead atoms. The number of anilines is 1. The quantitative estimate of drug-likeness (QED) is 0.578. The molecule has 29 heavy (non-hydrogen) atoms. The summed E-state index contributed by atoms with van der Waals surface area (Å²) in [6, 6.07) is 10.1. The first kappa shape index (κ1) is 21.3. The van der Waals surface area contributed by atoms with Crippen LogP contribution in [0.1, 0.15) is 18.5 Å². The van der Waals surface area contributed by atoms with Gasteiger partial charge in [-0.25, -0.2) is 9.97 Å². The molecule has 0 spiro atoms. The number of halogens is 1. The van der Waals surface area contributed by atoms with Crippen molar-refractivity contribution in [2.24, 2.45) is 4.99 Å². The molecule has 0 amide bonds. The number of benzene rings is 1. The lowest BCUT2D eigenvalue weighted by Gasteiger charge is -2.36. The summed E-state index contributed by atoms with van der Waals surface area (Å²) in [6.45, 7) is 7.15. The molecule has 1 aliphatic rings. The molecule has 1 aromatic heterocycles. The van der Waals surface area contributed by atoms with E-state index in [0.717, 1.165) is 49.7 Å². The van der Waals surface area contributed by atoms with Crippen molar-refractivity contribution in [1.29, 1.82) is 0 Å². The molecule has 0 aliphatic carbocycles. The van der Waals surface area contributed by atoms with Crippen LogP contribution in [0, 0.1) is 0 Å². The third-order valence-electron chi connectivity index (χ3n) is 5.04. The minimum absolute atomic E-state index is 0.194. The van der Waals surface area contributed by atoms with E-state index in [9.17, 15) is 0 Å². The minimum Gasteiger partial charge on any atom is -0.357 e. The van der Waals surface area contributed by atoms with E-state index in [1.807, 2.05) is 18.2 Å². The highest BCUT2D eigenvalue weighted by Gasteiger charge is 2.22. The number of nitrogens with zero attached hydrogens (tertiary/aromatic N) is 6. The summed E-state index contributed by atoms with van der Waals surface area (Å²) < 4.78 is 0. The smallest absolute Gasteiger partial charge is 0.225 e. The summed E-state index contributed by atoms with van der Waals surface area (Å²) in [5, 5.41) is 4.20. The average molecular weight is 416 g/mol. The first-order valence-electron chi connectivity index (χ1n) is 10.1. The van der Waals surface area contributed by atoms with Crippen LogP contribution in [-0.2, 0) is 0 Å². The van der Waals surface area contributed by atoms with Gasteiger partial charge in [0.05, 0.1) is 12.6 Å². The van der Waals surface area contributed by atoms with Gasteiger partial charge >= 0.3 is 0 Å². The second-order valence-corrected chi connectivity index (χ2v) is 7.68. The fraction of sp³-hybridized carbons (Fsp3) is 0.476. The van der Waals surface area contributed by atoms with E-state index in [4.69, 9.17) is 16.6 Å². The molecule has 8 heteroatoms. The number of aliphatic imine (C=N–C) groups is 1. The number of piperazine rings is 1. The second-order valence-electron chi connectivity index (χ2n) is 7.25. The number of rotatable bonds is 6. The summed E-state index contributed by atoms with van der Waals surface area (Å²) in [5.74, 6) is 1.76. The molecule has 3 rings (SSSR count). The lowest BCUT2D eigenvalue weighted by Crippen LogP contribution is -2.53. The van der Waals surface area contributed by atoms with E-state index in [-0.39, 0.29) is 6.04 Å². The van der Waals surface area contributed by atoms with Crippen LogP contribution < -0.4 is 10.2 Å². The lowest BCUT2D eigenvalue weighted by atomic mass is 10.1. The Labute approximate surface area is 178 Å². The molecular formula is C21H30ClN7. The average Bonchev–Trinajstić information content (AvgIpc) is 2.75.